The summed E-state index contributed by atoms with van der Waals surface area (Å²) < 4.78 is 11.4. The first-order valence-electron chi connectivity index (χ1n) is 3.34. The molecule has 0 saturated carbocycles. The van der Waals surface area contributed by atoms with Crippen molar-refractivity contribution in [2.75, 3.05) is 5.75 Å². The maximum absolute atomic E-state index is 11.4. The normalized spacial score (nSPS) is 12.9. The second-order valence-corrected chi connectivity index (χ2v) is 4.56. The number of hydrogen-bond acceptors (Lipinski definition) is 2. The van der Waals surface area contributed by atoms with E-state index in [9.17, 15) is 4.21 Å². The summed E-state index contributed by atoms with van der Waals surface area (Å²) in [5.74, 6) is 0.503. The van der Waals surface area contributed by atoms with Crippen LogP contribution < -0.4 is 0 Å². The van der Waals surface area contributed by atoms with Crippen molar-refractivity contribution in [3.8, 4) is 0 Å². The second-order valence-electron chi connectivity index (χ2n) is 2.07. The van der Waals surface area contributed by atoms with Crippen LogP contribution in [0.15, 0.2) is 17.3 Å². The van der Waals surface area contributed by atoms with Crippen molar-refractivity contribution in [1.82, 2.24) is 4.98 Å². The van der Waals surface area contributed by atoms with Gasteiger partial charge in [0.2, 0.25) is 0 Å². The highest BCUT2D eigenvalue weighted by Gasteiger charge is 2.11. The van der Waals surface area contributed by atoms with Gasteiger partial charge in [-0.3, -0.25) is 9.19 Å². The minimum atomic E-state index is -1.12. The maximum atomic E-state index is 11.4. The van der Waals surface area contributed by atoms with E-state index in [1.54, 1.807) is 0 Å². The summed E-state index contributed by atoms with van der Waals surface area (Å²) in [5, 5.41) is 0.727. The van der Waals surface area contributed by atoms with Gasteiger partial charge in [-0.05, 0) is 0 Å². The van der Waals surface area contributed by atoms with Crippen molar-refractivity contribution in [3.05, 3.63) is 22.4 Å². The van der Waals surface area contributed by atoms with E-state index in [0.717, 1.165) is 0 Å². The molecule has 1 aromatic rings. The van der Waals surface area contributed by atoms with Crippen molar-refractivity contribution < 1.29 is 4.21 Å². The highest BCUT2D eigenvalue weighted by molar-refractivity contribution is 7.85. The minimum Gasteiger partial charge on any atom is -0.262 e. The lowest BCUT2D eigenvalue weighted by molar-refractivity contribution is 0.684. The largest absolute Gasteiger partial charge is 0.262 e. The molecule has 0 aromatic carbocycles. The van der Waals surface area contributed by atoms with E-state index >= 15 is 0 Å². The molecule has 1 unspecified atom stereocenters. The molecule has 1 atom stereocenters. The zero-order valence-electron chi connectivity index (χ0n) is 6.38. The first-order chi connectivity index (χ1) is 5.66. The smallest absolute Gasteiger partial charge is 0.0791 e. The molecule has 0 aliphatic heterocycles. The van der Waals surface area contributed by atoms with E-state index in [1.807, 2.05) is 6.92 Å². The molecule has 0 fully saturated rings. The molecule has 0 N–H and O–H groups in total. The molecule has 0 amide bonds. The van der Waals surface area contributed by atoms with Gasteiger partial charge in [0.1, 0.15) is 0 Å². The maximum Gasteiger partial charge on any atom is 0.0791 e. The molecule has 1 heterocycles. The monoisotopic (exact) mass is 223 g/mol. The predicted octanol–water partition coefficient (Wildman–Crippen LogP) is 2.52. The Morgan fingerprint density at radius 3 is 2.33 bits per heavy atom. The Kier molecular flexibility index (Phi) is 3.50. The van der Waals surface area contributed by atoms with Crippen LogP contribution in [0.1, 0.15) is 6.92 Å². The molecule has 1 aromatic heterocycles. The van der Waals surface area contributed by atoms with Crippen LogP contribution in [0.5, 0.6) is 0 Å². The summed E-state index contributed by atoms with van der Waals surface area (Å²) >= 11 is 11.5. The van der Waals surface area contributed by atoms with Gasteiger partial charge in [0, 0.05) is 18.1 Å². The number of nitrogens with zero attached hydrogens (tertiary/aromatic N) is 1. The summed E-state index contributed by atoms with van der Waals surface area (Å²) in [6.07, 6.45) is 2.88. The quantitative estimate of drug-likeness (QED) is 0.772. The van der Waals surface area contributed by atoms with Gasteiger partial charge in [0.05, 0.1) is 25.7 Å². The third-order valence-electron chi connectivity index (χ3n) is 1.30. The third kappa shape index (κ3) is 1.97. The molecule has 2 nitrogen and oxygen atoms in total. The summed E-state index contributed by atoms with van der Waals surface area (Å²) in [6.45, 7) is 1.81. The molecule has 0 spiro atoms. The molecule has 0 bridgehead atoms. The fourth-order valence-electron chi connectivity index (χ4n) is 0.761. The topological polar surface area (TPSA) is 30.0 Å². The fourth-order valence-corrected chi connectivity index (χ4v) is 2.47. The zero-order chi connectivity index (χ0) is 9.14. The first kappa shape index (κ1) is 9.96. The van der Waals surface area contributed by atoms with Gasteiger partial charge in [-0.25, -0.2) is 0 Å². The second kappa shape index (κ2) is 4.21. The number of hydrogen-bond donors (Lipinski definition) is 0. The highest BCUT2D eigenvalue weighted by atomic mass is 35.5. The molecular formula is C7H7Cl2NOS. The van der Waals surface area contributed by atoms with Crippen molar-refractivity contribution in [2.24, 2.45) is 0 Å². The third-order valence-corrected chi connectivity index (χ3v) is 3.52. The Bertz CT molecular complexity index is 296. The van der Waals surface area contributed by atoms with Crippen LogP contribution in [0.3, 0.4) is 0 Å². The summed E-state index contributed by atoms with van der Waals surface area (Å²) in [5.41, 5.74) is 0. The number of rotatable bonds is 2. The standard InChI is InChI=1S/C7H7Cl2NOS/c1-2-12(11)7-5(8)3-10-4-6(7)9/h3-4H,2H2,1H3. The van der Waals surface area contributed by atoms with Crippen molar-refractivity contribution in [1.29, 1.82) is 0 Å². The zero-order valence-corrected chi connectivity index (χ0v) is 8.71. The average molecular weight is 224 g/mol. The molecule has 0 saturated heterocycles. The molecule has 66 valence electrons. The van der Waals surface area contributed by atoms with E-state index in [-0.39, 0.29) is 0 Å². The van der Waals surface area contributed by atoms with Gasteiger partial charge in [-0.15, -0.1) is 0 Å². The van der Waals surface area contributed by atoms with Crippen LogP contribution in [-0.2, 0) is 10.8 Å². The van der Waals surface area contributed by atoms with Crippen molar-refractivity contribution in [2.45, 2.75) is 11.8 Å². The van der Waals surface area contributed by atoms with Crippen molar-refractivity contribution >= 4 is 34.0 Å². The number of aromatic nitrogens is 1. The molecule has 1 rings (SSSR count). The predicted molar refractivity (Wildman–Crippen MR) is 51.2 cm³/mol. The van der Waals surface area contributed by atoms with Gasteiger partial charge in [0.25, 0.3) is 0 Å². The van der Waals surface area contributed by atoms with E-state index < -0.39 is 10.8 Å². The van der Waals surface area contributed by atoms with Gasteiger partial charge in [-0.1, -0.05) is 30.1 Å². The van der Waals surface area contributed by atoms with Gasteiger partial charge in [-0.2, -0.15) is 0 Å². The molecule has 0 aliphatic carbocycles. The molecule has 0 radical (unpaired) electrons. The fraction of sp³-hybridized carbons (Fsp3) is 0.286. The highest BCUT2D eigenvalue weighted by Crippen LogP contribution is 2.26. The first-order valence-corrected chi connectivity index (χ1v) is 5.41. The summed E-state index contributed by atoms with van der Waals surface area (Å²) in [4.78, 5) is 4.25. The van der Waals surface area contributed by atoms with E-state index in [2.05, 4.69) is 4.98 Å². The van der Waals surface area contributed by atoms with Gasteiger partial charge >= 0.3 is 0 Å². The lowest BCUT2D eigenvalue weighted by atomic mass is 10.5. The van der Waals surface area contributed by atoms with E-state index in [0.29, 0.717) is 20.7 Å². The molecule has 0 aliphatic rings. The van der Waals surface area contributed by atoms with Crippen LogP contribution in [-0.4, -0.2) is 14.9 Å². The lowest BCUT2D eigenvalue weighted by Crippen LogP contribution is -1.96. The van der Waals surface area contributed by atoms with Gasteiger partial charge in [0.15, 0.2) is 0 Å². The van der Waals surface area contributed by atoms with Crippen LogP contribution >= 0.6 is 23.2 Å². The average Bonchev–Trinajstić information content (AvgIpc) is 2.03. The summed E-state index contributed by atoms with van der Waals surface area (Å²) in [6, 6.07) is 0. The Balaban J connectivity index is 3.21. The minimum absolute atomic E-state index is 0.364. The Labute approximate surface area is 83.4 Å². The Morgan fingerprint density at radius 2 is 1.92 bits per heavy atom. The van der Waals surface area contributed by atoms with E-state index in [1.165, 1.54) is 12.4 Å². The Morgan fingerprint density at radius 1 is 1.42 bits per heavy atom. The Hall–Kier alpha value is -0.120. The molecule has 5 heteroatoms. The van der Waals surface area contributed by atoms with Crippen LogP contribution in [0, 0.1) is 0 Å². The molecular weight excluding hydrogens is 217 g/mol. The van der Waals surface area contributed by atoms with Crippen LogP contribution in [0.2, 0.25) is 10.0 Å². The SMILES string of the molecule is CCS(=O)c1c(Cl)cncc1Cl. The summed E-state index contributed by atoms with van der Waals surface area (Å²) in [7, 11) is -1.12. The number of halogens is 2. The van der Waals surface area contributed by atoms with Crippen LogP contribution in [0.25, 0.3) is 0 Å². The lowest BCUT2D eigenvalue weighted by Gasteiger charge is -2.02. The van der Waals surface area contributed by atoms with Crippen LogP contribution in [0.4, 0.5) is 0 Å². The molecule has 12 heavy (non-hydrogen) atoms. The van der Waals surface area contributed by atoms with Gasteiger partial charge < -0.3 is 0 Å². The van der Waals surface area contributed by atoms with Crippen molar-refractivity contribution in [3.63, 3.8) is 0 Å². The number of pyridine rings is 1. The van der Waals surface area contributed by atoms with E-state index in [4.69, 9.17) is 23.2 Å².